The molecule has 0 aliphatic carbocycles. The fourth-order valence-electron chi connectivity index (χ4n) is 1.62. The summed E-state index contributed by atoms with van der Waals surface area (Å²) in [4.78, 5) is 15.8. The Hall–Kier alpha value is -1.13. The number of hydrogen-bond donors (Lipinski definition) is 1. The third-order valence-corrected chi connectivity index (χ3v) is 2.78. The molecule has 1 aliphatic rings. The van der Waals surface area contributed by atoms with Crippen LogP contribution in [0.1, 0.15) is 19.3 Å². The van der Waals surface area contributed by atoms with Crippen LogP contribution in [0.5, 0.6) is 0 Å². The Labute approximate surface area is 99.0 Å². The molecule has 16 heavy (non-hydrogen) atoms. The first-order valence-corrected chi connectivity index (χ1v) is 5.68. The minimum Gasteiger partial charge on any atom is -0.368 e. The molecule has 0 spiro atoms. The van der Waals surface area contributed by atoms with Gasteiger partial charge in [-0.15, -0.1) is 0 Å². The van der Waals surface area contributed by atoms with Gasteiger partial charge in [0, 0.05) is 12.8 Å². The largest absolute Gasteiger partial charge is 0.368 e. The van der Waals surface area contributed by atoms with E-state index in [-0.39, 0.29) is 12.0 Å². The van der Waals surface area contributed by atoms with Crippen LogP contribution in [-0.2, 0) is 9.53 Å². The van der Waals surface area contributed by atoms with Gasteiger partial charge in [-0.3, -0.25) is 4.79 Å². The number of hydrogen-bond acceptors (Lipinski definition) is 3. The zero-order chi connectivity index (χ0) is 11.4. The Morgan fingerprint density at radius 1 is 1.56 bits per heavy atom. The fraction of sp³-hybridized carbons (Fsp3) is 0.455. The van der Waals surface area contributed by atoms with Crippen molar-refractivity contribution in [3.63, 3.8) is 0 Å². The fourth-order valence-corrected chi connectivity index (χ4v) is 1.79. The van der Waals surface area contributed by atoms with E-state index in [2.05, 4.69) is 10.3 Å². The van der Waals surface area contributed by atoms with Crippen molar-refractivity contribution >= 4 is 23.3 Å². The molecule has 1 fully saturated rings. The topological polar surface area (TPSA) is 51.2 Å². The molecule has 0 radical (unpaired) electrons. The predicted octanol–water partition coefficient (Wildman–Crippen LogP) is 2.24. The van der Waals surface area contributed by atoms with Crippen LogP contribution in [0.2, 0.25) is 5.02 Å². The molecule has 1 aromatic heterocycles. The molecule has 0 bridgehead atoms. The summed E-state index contributed by atoms with van der Waals surface area (Å²) in [6, 6.07) is 3.40. The van der Waals surface area contributed by atoms with Crippen LogP contribution in [0, 0.1) is 0 Å². The first-order valence-electron chi connectivity index (χ1n) is 5.30. The Balaban J connectivity index is 1.99. The van der Waals surface area contributed by atoms with Gasteiger partial charge < -0.3 is 10.1 Å². The number of carbonyl (C=O) groups is 1. The zero-order valence-electron chi connectivity index (χ0n) is 8.78. The van der Waals surface area contributed by atoms with E-state index in [9.17, 15) is 4.79 Å². The highest BCUT2D eigenvalue weighted by atomic mass is 35.5. The maximum atomic E-state index is 11.8. The van der Waals surface area contributed by atoms with Crippen LogP contribution in [0.15, 0.2) is 18.3 Å². The first-order chi connectivity index (χ1) is 7.77. The van der Waals surface area contributed by atoms with Gasteiger partial charge in [-0.2, -0.15) is 0 Å². The standard InChI is InChI=1S/C11H13ClN2O2/c12-8-4-3-6-13-10(8)14-11(15)9-5-1-2-7-16-9/h3-4,6,9H,1-2,5,7H2,(H,13,14,15). The number of nitrogens with zero attached hydrogens (tertiary/aromatic N) is 1. The molecule has 1 atom stereocenters. The van der Waals surface area contributed by atoms with E-state index in [4.69, 9.17) is 16.3 Å². The quantitative estimate of drug-likeness (QED) is 0.863. The Kier molecular flexibility index (Phi) is 3.74. The highest BCUT2D eigenvalue weighted by molar-refractivity contribution is 6.33. The maximum absolute atomic E-state index is 11.8. The van der Waals surface area contributed by atoms with Crippen molar-refractivity contribution in [3.8, 4) is 0 Å². The lowest BCUT2D eigenvalue weighted by molar-refractivity contribution is -0.130. The molecule has 1 saturated heterocycles. The summed E-state index contributed by atoms with van der Waals surface area (Å²) in [5.74, 6) is 0.226. The second-order valence-electron chi connectivity index (χ2n) is 3.68. The summed E-state index contributed by atoms with van der Waals surface area (Å²) < 4.78 is 5.37. The van der Waals surface area contributed by atoms with Gasteiger partial charge in [-0.1, -0.05) is 11.6 Å². The second kappa shape index (κ2) is 5.27. The lowest BCUT2D eigenvalue weighted by Gasteiger charge is -2.21. The first kappa shape index (κ1) is 11.4. The summed E-state index contributed by atoms with van der Waals surface area (Å²) in [6.45, 7) is 0.647. The molecule has 0 aromatic carbocycles. The van der Waals surface area contributed by atoms with E-state index in [0.29, 0.717) is 17.4 Å². The van der Waals surface area contributed by atoms with Crippen LogP contribution in [-0.4, -0.2) is 23.6 Å². The predicted molar refractivity (Wildman–Crippen MR) is 61.5 cm³/mol. The minimum atomic E-state index is -0.369. The second-order valence-corrected chi connectivity index (χ2v) is 4.09. The molecule has 2 heterocycles. The number of ether oxygens (including phenoxy) is 1. The number of aromatic nitrogens is 1. The average molecular weight is 241 g/mol. The number of halogens is 1. The molecule has 1 aliphatic heterocycles. The molecule has 1 unspecified atom stereocenters. The van der Waals surface area contributed by atoms with E-state index in [1.165, 1.54) is 0 Å². The lowest BCUT2D eigenvalue weighted by atomic mass is 10.1. The van der Waals surface area contributed by atoms with Crippen LogP contribution < -0.4 is 5.32 Å². The highest BCUT2D eigenvalue weighted by Crippen LogP contribution is 2.19. The summed E-state index contributed by atoms with van der Waals surface area (Å²) in [6.07, 6.45) is 4.02. The Morgan fingerprint density at radius 2 is 2.44 bits per heavy atom. The van der Waals surface area contributed by atoms with Crippen molar-refractivity contribution in [1.29, 1.82) is 0 Å². The molecular weight excluding hydrogens is 228 g/mol. The zero-order valence-corrected chi connectivity index (χ0v) is 9.54. The van der Waals surface area contributed by atoms with Crippen LogP contribution >= 0.6 is 11.6 Å². The van der Waals surface area contributed by atoms with Crippen molar-refractivity contribution in [2.24, 2.45) is 0 Å². The third kappa shape index (κ3) is 2.71. The molecule has 4 nitrogen and oxygen atoms in total. The van der Waals surface area contributed by atoms with Crippen LogP contribution in [0.25, 0.3) is 0 Å². The SMILES string of the molecule is O=C(Nc1ncccc1Cl)C1CCCCO1. The van der Waals surface area contributed by atoms with Gasteiger partial charge in [0.25, 0.3) is 5.91 Å². The summed E-state index contributed by atoms with van der Waals surface area (Å²) in [7, 11) is 0. The Morgan fingerprint density at radius 3 is 3.12 bits per heavy atom. The van der Waals surface area contributed by atoms with Crippen molar-refractivity contribution in [1.82, 2.24) is 4.98 Å². The number of pyridine rings is 1. The van der Waals surface area contributed by atoms with Crippen molar-refractivity contribution in [3.05, 3.63) is 23.4 Å². The molecule has 1 N–H and O–H groups in total. The van der Waals surface area contributed by atoms with E-state index in [0.717, 1.165) is 19.3 Å². The number of rotatable bonds is 2. The van der Waals surface area contributed by atoms with Crippen molar-refractivity contribution in [2.45, 2.75) is 25.4 Å². The minimum absolute atomic E-state index is 0.166. The number of amides is 1. The van der Waals surface area contributed by atoms with E-state index >= 15 is 0 Å². The molecule has 1 amide bonds. The summed E-state index contributed by atoms with van der Waals surface area (Å²) >= 11 is 5.89. The number of anilines is 1. The van der Waals surface area contributed by atoms with E-state index < -0.39 is 0 Å². The van der Waals surface area contributed by atoms with Crippen LogP contribution in [0.3, 0.4) is 0 Å². The van der Waals surface area contributed by atoms with Crippen molar-refractivity contribution < 1.29 is 9.53 Å². The van der Waals surface area contributed by atoms with Crippen LogP contribution in [0.4, 0.5) is 5.82 Å². The molecule has 5 heteroatoms. The molecular formula is C11H13ClN2O2. The molecule has 0 saturated carbocycles. The molecule has 2 rings (SSSR count). The average Bonchev–Trinajstić information content (AvgIpc) is 2.33. The van der Waals surface area contributed by atoms with Gasteiger partial charge in [0.05, 0.1) is 5.02 Å². The van der Waals surface area contributed by atoms with E-state index in [1.54, 1.807) is 18.3 Å². The normalized spacial score (nSPS) is 20.4. The Bertz CT molecular complexity index is 378. The van der Waals surface area contributed by atoms with Crippen molar-refractivity contribution in [2.75, 3.05) is 11.9 Å². The van der Waals surface area contributed by atoms with Gasteiger partial charge in [0.15, 0.2) is 5.82 Å². The molecule has 1 aromatic rings. The summed E-state index contributed by atoms with van der Waals surface area (Å²) in [5, 5.41) is 3.11. The third-order valence-electron chi connectivity index (χ3n) is 2.47. The van der Waals surface area contributed by atoms with Gasteiger partial charge in [0.2, 0.25) is 0 Å². The molecule has 86 valence electrons. The van der Waals surface area contributed by atoms with Gasteiger partial charge in [-0.25, -0.2) is 4.98 Å². The summed E-state index contributed by atoms with van der Waals surface area (Å²) in [5.41, 5.74) is 0. The smallest absolute Gasteiger partial charge is 0.254 e. The highest BCUT2D eigenvalue weighted by Gasteiger charge is 2.22. The lowest BCUT2D eigenvalue weighted by Crippen LogP contribution is -2.33. The maximum Gasteiger partial charge on any atom is 0.254 e. The van der Waals surface area contributed by atoms with E-state index in [1.807, 2.05) is 0 Å². The number of carbonyl (C=O) groups excluding carboxylic acids is 1. The van der Waals surface area contributed by atoms with Gasteiger partial charge >= 0.3 is 0 Å². The van der Waals surface area contributed by atoms with Gasteiger partial charge in [-0.05, 0) is 31.4 Å². The van der Waals surface area contributed by atoms with Gasteiger partial charge in [0.1, 0.15) is 6.10 Å². The number of nitrogens with one attached hydrogen (secondary N) is 1. The monoisotopic (exact) mass is 240 g/mol.